The van der Waals surface area contributed by atoms with Gasteiger partial charge in [0.1, 0.15) is 17.7 Å². The molecule has 0 aromatic heterocycles. The van der Waals surface area contributed by atoms with E-state index in [2.05, 4.69) is 10.3 Å². The third-order valence-corrected chi connectivity index (χ3v) is 3.82. The van der Waals surface area contributed by atoms with E-state index in [0.717, 1.165) is 31.1 Å². The van der Waals surface area contributed by atoms with Gasteiger partial charge < -0.3 is 25.2 Å². The highest BCUT2D eigenvalue weighted by Crippen LogP contribution is 2.39. The first-order valence-corrected chi connectivity index (χ1v) is 7.90. The third kappa shape index (κ3) is 5.50. The summed E-state index contributed by atoms with van der Waals surface area (Å²) in [5.74, 6) is -2.26. The Bertz CT molecular complexity index is 739. The maximum atomic E-state index is 12.7. The van der Waals surface area contributed by atoms with Gasteiger partial charge >= 0.3 is 18.1 Å². The van der Waals surface area contributed by atoms with E-state index in [4.69, 9.17) is 24.5 Å². The molecule has 0 saturated heterocycles. The number of aliphatic imine (C=N–C) groups is 1. The topological polar surface area (TPSA) is 111 Å². The van der Waals surface area contributed by atoms with Crippen LogP contribution in [-0.2, 0) is 15.8 Å². The van der Waals surface area contributed by atoms with Crippen molar-refractivity contribution in [3.8, 4) is 5.75 Å². The highest BCUT2D eigenvalue weighted by atomic mass is 19.4. The summed E-state index contributed by atoms with van der Waals surface area (Å²) in [4.78, 5) is 24.3. The minimum atomic E-state index is -4.34. The number of ether oxygens (including phenoxy) is 1. The lowest BCUT2D eigenvalue weighted by molar-refractivity contribution is -0.159. The second kappa shape index (κ2) is 8.14. The van der Waals surface area contributed by atoms with Crippen molar-refractivity contribution in [1.29, 1.82) is 0 Å². The lowest BCUT2D eigenvalue weighted by atomic mass is 10.1. The first-order chi connectivity index (χ1) is 12.6. The van der Waals surface area contributed by atoms with E-state index in [0.29, 0.717) is 24.4 Å². The van der Waals surface area contributed by atoms with Gasteiger partial charge in [-0.25, -0.2) is 9.59 Å². The minimum Gasteiger partial charge on any atom is -0.486 e. The van der Waals surface area contributed by atoms with Crippen LogP contribution >= 0.6 is 0 Å². The summed E-state index contributed by atoms with van der Waals surface area (Å²) >= 11 is 0. The van der Waals surface area contributed by atoms with Crippen LogP contribution in [0.25, 0.3) is 0 Å². The Morgan fingerprint density at radius 2 is 2.00 bits per heavy atom. The molecule has 8 nitrogen and oxygen atoms in total. The second-order valence-electron chi connectivity index (χ2n) is 5.87. The molecule has 1 atom stereocenters. The van der Waals surface area contributed by atoms with E-state index in [9.17, 15) is 13.2 Å². The van der Waals surface area contributed by atoms with Crippen molar-refractivity contribution in [2.45, 2.75) is 18.7 Å². The standard InChI is InChI=1S/C14H16F3N3O.C2H2O4/c1-20-8-10(7-13-18-4-5-19-13)21-12-3-2-9(6-11(12)20)14(15,16)17;3-1(4)2(5)6/h2-3,6,10H,4-5,7-8H2,1H3,(H,18,19);(H,3,4)(H,5,6). The predicted molar refractivity (Wildman–Crippen MR) is 89.3 cm³/mol. The van der Waals surface area contributed by atoms with Crippen LogP contribution in [0.5, 0.6) is 5.75 Å². The highest BCUT2D eigenvalue weighted by molar-refractivity contribution is 6.27. The van der Waals surface area contributed by atoms with Crippen LogP contribution in [0.2, 0.25) is 0 Å². The predicted octanol–water partition coefficient (Wildman–Crippen LogP) is 1.45. The molecule has 2 heterocycles. The largest absolute Gasteiger partial charge is 0.486 e. The van der Waals surface area contributed by atoms with Crippen molar-refractivity contribution >= 4 is 23.5 Å². The van der Waals surface area contributed by atoms with Gasteiger partial charge in [0, 0.05) is 20.0 Å². The molecule has 27 heavy (non-hydrogen) atoms. The van der Waals surface area contributed by atoms with Crippen molar-refractivity contribution < 1.29 is 37.7 Å². The zero-order chi connectivity index (χ0) is 20.2. The average molecular weight is 389 g/mol. The molecule has 2 aliphatic heterocycles. The number of fused-ring (bicyclic) bond motifs is 1. The molecule has 0 aliphatic carbocycles. The number of carbonyl (C=O) groups is 2. The maximum absolute atomic E-state index is 12.7. The molecule has 2 aliphatic rings. The molecule has 1 aromatic carbocycles. The van der Waals surface area contributed by atoms with Crippen molar-refractivity contribution in [3.63, 3.8) is 0 Å². The number of likely N-dealkylation sites (N-methyl/N-ethyl adjacent to an activating group) is 1. The molecule has 0 fully saturated rings. The summed E-state index contributed by atoms with van der Waals surface area (Å²) in [6.45, 7) is 2.14. The van der Waals surface area contributed by atoms with Gasteiger partial charge in [0.2, 0.25) is 0 Å². The molecular weight excluding hydrogens is 371 g/mol. The molecule has 1 aromatic rings. The number of nitrogens with zero attached hydrogens (tertiary/aromatic N) is 2. The molecule has 11 heteroatoms. The number of halogens is 3. The molecule has 0 radical (unpaired) electrons. The number of carboxylic acid groups (broad SMARTS) is 2. The van der Waals surface area contributed by atoms with E-state index in [1.165, 1.54) is 6.07 Å². The Morgan fingerprint density at radius 1 is 1.33 bits per heavy atom. The Hall–Kier alpha value is -2.98. The summed E-state index contributed by atoms with van der Waals surface area (Å²) in [5, 5.41) is 18.0. The smallest absolute Gasteiger partial charge is 0.416 e. The number of hydrogen-bond acceptors (Lipinski definition) is 6. The Labute approximate surface area is 152 Å². The third-order valence-electron chi connectivity index (χ3n) is 3.82. The number of aliphatic carboxylic acids is 2. The van der Waals surface area contributed by atoms with E-state index in [1.54, 1.807) is 11.9 Å². The molecule has 0 spiro atoms. The average Bonchev–Trinajstić information content (AvgIpc) is 3.07. The number of benzene rings is 1. The fraction of sp³-hybridized carbons (Fsp3) is 0.438. The maximum Gasteiger partial charge on any atom is 0.416 e. The van der Waals surface area contributed by atoms with E-state index >= 15 is 0 Å². The summed E-state index contributed by atoms with van der Waals surface area (Å²) < 4.78 is 44.0. The van der Waals surface area contributed by atoms with Crippen LogP contribution in [0.15, 0.2) is 23.2 Å². The first-order valence-electron chi connectivity index (χ1n) is 7.90. The highest BCUT2D eigenvalue weighted by Gasteiger charge is 2.33. The fourth-order valence-electron chi connectivity index (χ4n) is 2.62. The van der Waals surface area contributed by atoms with Gasteiger partial charge in [-0.1, -0.05) is 0 Å². The van der Waals surface area contributed by atoms with Crippen LogP contribution in [0.4, 0.5) is 18.9 Å². The van der Waals surface area contributed by atoms with Crippen molar-refractivity contribution in [1.82, 2.24) is 5.32 Å². The van der Waals surface area contributed by atoms with E-state index in [1.807, 2.05) is 0 Å². The SMILES string of the molecule is CN1CC(CC2=NCCN2)Oc2ccc(C(F)(F)F)cc21.O=C(O)C(=O)O. The monoisotopic (exact) mass is 389 g/mol. The Kier molecular flexibility index (Phi) is 6.13. The van der Waals surface area contributed by atoms with Gasteiger partial charge in [-0.05, 0) is 18.2 Å². The van der Waals surface area contributed by atoms with Crippen LogP contribution in [0, 0.1) is 0 Å². The summed E-state index contributed by atoms with van der Waals surface area (Å²) in [6, 6.07) is 3.59. The summed E-state index contributed by atoms with van der Waals surface area (Å²) in [5.41, 5.74) is -0.181. The number of nitrogens with one attached hydrogen (secondary N) is 1. The molecule has 0 amide bonds. The number of rotatable bonds is 2. The zero-order valence-corrected chi connectivity index (χ0v) is 14.3. The molecule has 148 valence electrons. The number of amidine groups is 1. The zero-order valence-electron chi connectivity index (χ0n) is 14.3. The molecular formula is C16H18F3N3O5. The Balaban J connectivity index is 0.000000380. The van der Waals surface area contributed by atoms with Crippen LogP contribution in [0.3, 0.4) is 0 Å². The molecule has 1 unspecified atom stereocenters. The normalized spacial score (nSPS) is 18.3. The van der Waals surface area contributed by atoms with Crippen LogP contribution in [0.1, 0.15) is 12.0 Å². The van der Waals surface area contributed by atoms with E-state index in [-0.39, 0.29) is 6.10 Å². The van der Waals surface area contributed by atoms with Crippen molar-refractivity contribution in [3.05, 3.63) is 23.8 Å². The quantitative estimate of drug-likeness (QED) is 0.657. The number of hydrogen-bond donors (Lipinski definition) is 3. The second-order valence-corrected chi connectivity index (χ2v) is 5.87. The van der Waals surface area contributed by atoms with Crippen molar-refractivity contribution in [2.75, 3.05) is 31.6 Å². The summed E-state index contributed by atoms with van der Waals surface area (Å²) in [6.07, 6.45) is -3.80. The molecule has 0 bridgehead atoms. The van der Waals surface area contributed by atoms with Gasteiger partial charge in [0.25, 0.3) is 0 Å². The number of anilines is 1. The Morgan fingerprint density at radius 3 is 2.52 bits per heavy atom. The van der Waals surface area contributed by atoms with Crippen molar-refractivity contribution in [2.24, 2.45) is 4.99 Å². The van der Waals surface area contributed by atoms with Gasteiger partial charge in [-0.3, -0.25) is 4.99 Å². The van der Waals surface area contributed by atoms with Crippen LogP contribution < -0.4 is 15.0 Å². The summed E-state index contributed by atoms with van der Waals surface area (Å²) in [7, 11) is 1.78. The lowest BCUT2D eigenvalue weighted by Gasteiger charge is -2.34. The van der Waals surface area contributed by atoms with Crippen LogP contribution in [-0.4, -0.2) is 60.8 Å². The number of carboxylic acids is 2. The minimum absolute atomic E-state index is 0.108. The molecule has 3 N–H and O–H groups in total. The molecule has 3 rings (SSSR count). The fourth-order valence-corrected chi connectivity index (χ4v) is 2.62. The number of alkyl halides is 3. The van der Waals surface area contributed by atoms with E-state index < -0.39 is 23.7 Å². The van der Waals surface area contributed by atoms with Gasteiger partial charge in [0.05, 0.1) is 24.3 Å². The van der Waals surface area contributed by atoms with Gasteiger partial charge in [0.15, 0.2) is 0 Å². The lowest BCUT2D eigenvalue weighted by Crippen LogP contribution is -2.40. The van der Waals surface area contributed by atoms with Gasteiger partial charge in [-0.2, -0.15) is 13.2 Å². The molecule has 0 saturated carbocycles. The first kappa shape index (κ1) is 20.3. The van der Waals surface area contributed by atoms with Gasteiger partial charge in [-0.15, -0.1) is 0 Å².